The van der Waals surface area contributed by atoms with E-state index in [0.717, 1.165) is 17.1 Å². The Labute approximate surface area is 99.6 Å². The van der Waals surface area contributed by atoms with Crippen molar-refractivity contribution in [3.05, 3.63) is 28.2 Å². The van der Waals surface area contributed by atoms with Crippen LogP contribution in [0.5, 0.6) is 0 Å². The second kappa shape index (κ2) is 4.54. The summed E-state index contributed by atoms with van der Waals surface area (Å²) in [5.74, 6) is 0. The fourth-order valence-electron chi connectivity index (χ4n) is 2.01. The van der Waals surface area contributed by atoms with Crippen LogP contribution in [0.1, 0.15) is 25.3 Å². The molecular weight excluding hydrogens is 252 g/mol. The zero-order chi connectivity index (χ0) is 10.8. The summed E-state index contributed by atoms with van der Waals surface area (Å²) in [5.41, 5.74) is 8.33. The fourth-order valence-corrected chi connectivity index (χ4v) is 2.42. The molecule has 0 radical (unpaired) electrons. The molecular formula is C12H17BrN2. The second-order valence-electron chi connectivity index (χ2n) is 3.99. The van der Waals surface area contributed by atoms with Gasteiger partial charge in [-0.25, -0.2) is 0 Å². The molecule has 1 aliphatic rings. The molecule has 1 aromatic rings. The zero-order valence-corrected chi connectivity index (χ0v) is 10.6. The van der Waals surface area contributed by atoms with Gasteiger partial charge in [-0.15, -0.1) is 0 Å². The van der Waals surface area contributed by atoms with Gasteiger partial charge in [0, 0.05) is 29.3 Å². The van der Waals surface area contributed by atoms with E-state index in [0.29, 0.717) is 6.54 Å². The lowest BCUT2D eigenvalue weighted by molar-refractivity contribution is 0.816. The Balaban J connectivity index is 2.32. The van der Waals surface area contributed by atoms with E-state index in [9.17, 15) is 0 Å². The molecule has 2 N–H and O–H groups in total. The minimum atomic E-state index is 0.609. The predicted octanol–water partition coefficient (Wildman–Crippen LogP) is 2.90. The summed E-state index contributed by atoms with van der Waals surface area (Å²) < 4.78 is 1.11. The molecule has 0 unspecified atom stereocenters. The van der Waals surface area contributed by atoms with Crippen LogP contribution in [-0.2, 0) is 6.54 Å². The molecule has 0 saturated heterocycles. The van der Waals surface area contributed by atoms with Crippen LogP contribution in [-0.4, -0.2) is 12.6 Å². The summed E-state index contributed by atoms with van der Waals surface area (Å²) in [6.07, 6.45) is 2.65. The number of hydrogen-bond acceptors (Lipinski definition) is 2. The average molecular weight is 269 g/mol. The SMILES string of the molecule is CCN(c1ccc(Br)cc1CN)C1CC1. The third-order valence-corrected chi connectivity index (χ3v) is 3.39. The van der Waals surface area contributed by atoms with Crippen molar-refractivity contribution < 1.29 is 0 Å². The van der Waals surface area contributed by atoms with E-state index in [-0.39, 0.29) is 0 Å². The van der Waals surface area contributed by atoms with E-state index >= 15 is 0 Å². The summed E-state index contributed by atoms with van der Waals surface area (Å²) in [6.45, 7) is 3.89. The fraction of sp³-hybridized carbons (Fsp3) is 0.500. The Morgan fingerprint density at radius 1 is 1.47 bits per heavy atom. The van der Waals surface area contributed by atoms with Crippen molar-refractivity contribution in [3.63, 3.8) is 0 Å². The molecule has 0 aliphatic heterocycles. The molecule has 2 rings (SSSR count). The van der Waals surface area contributed by atoms with Crippen LogP contribution in [0.25, 0.3) is 0 Å². The predicted molar refractivity (Wildman–Crippen MR) is 68.1 cm³/mol. The molecule has 0 bridgehead atoms. The van der Waals surface area contributed by atoms with Crippen molar-refractivity contribution in [1.29, 1.82) is 0 Å². The monoisotopic (exact) mass is 268 g/mol. The number of hydrogen-bond donors (Lipinski definition) is 1. The maximum atomic E-state index is 5.79. The van der Waals surface area contributed by atoms with Crippen LogP contribution < -0.4 is 10.6 Å². The molecule has 0 atom stereocenters. The van der Waals surface area contributed by atoms with E-state index in [1.54, 1.807) is 0 Å². The molecule has 3 heteroatoms. The Morgan fingerprint density at radius 2 is 2.20 bits per heavy atom. The first kappa shape index (κ1) is 11.0. The smallest absolute Gasteiger partial charge is 0.0414 e. The molecule has 1 fully saturated rings. The van der Waals surface area contributed by atoms with Gasteiger partial charge in [0.05, 0.1) is 0 Å². The quantitative estimate of drug-likeness (QED) is 0.910. The topological polar surface area (TPSA) is 29.3 Å². The second-order valence-corrected chi connectivity index (χ2v) is 4.91. The van der Waals surface area contributed by atoms with E-state index in [4.69, 9.17) is 5.73 Å². The average Bonchev–Trinajstić information content (AvgIpc) is 3.05. The highest BCUT2D eigenvalue weighted by molar-refractivity contribution is 9.10. The highest BCUT2D eigenvalue weighted by Crippen LogP contribution is 2.34. The Bertz CT molecular complexity index is 347. The molecule has 0 spiro atoms. The van der Waals surface area contributed by atoms with Crippen molar-refractivity contribution in [2.45, 2.75) is 32.4 Å². The van der Waals surface area contributed by atoms with Gasteiger partial charge in [0.15, 0.2) is 0 Å². The highest BCUT2D eigenvalue weighted by atomic mass is 79.9. The Kier molecular flexibility index (Phi) is 3.32. The van der Waals surface area contributed by atoms with Crippen LogP contribution in [0.3, 0.4) is 0 Å². The number of rotatable bonds is 4. The van der Waals surface area contributed by atoms with Crippen LogP contribution in [0.15, 0.2) is 22.7 Å². The van der Waals surface area contributed by atoms with Gasteiger partial charge in [-0.3, -0.25) is 0 Å². The van der Waals surface area contributed by atoms with Gasteiger partial charge >= 0.3 is 0 Å². The first-order valence-corrected chi connectivity index (χ1v) is 6.30. The van der Waals surface area contributed by atoms with E-state index in [2.05, 4.69) is 46.0 Å². The molecule has 0 heterocycles. The molecule has 1 saturated carbocycles. The van der Waals surface area contributed by atoms with Gasteiger partial charge in [0.25, 0.3) is 0 Å². The highest BCUT2D eigenvalue weighted by Gasteiger charge is 2.28. The summed E-state index contributed by atoms with van der Waals surface area (Å²) in [6, 6.07) is 7.15. The molecule has 1 aromatic carbocycles. The number of anilines is 1. The maximum Gasteiger partial charge on any atom is 0.0414 e. The Morgan fingerprint density at radius 3 is 2.73 bits per heavy atom. The molecule has 15 heavy (non-hydrogen) atoms. The lowest BCUT2D eigenvalue weighted by Gasteiger charge is -2.25. The first-order valence-electron chi connectivity index (χ1n) is 5.51. The van der Waals surface area contributed by atoms with Gasteiger partial charge in [0.2, 0.25) is 0 Å². The van der Waals surface area contributed by atoms with Crippen molar-refractivity contribution in [1.82, 2.24) is 0 Å². The summed E-state index contributed by atoms with van der Waals surface area (Å²) in [4.78, 5) is 2.47. The standard InChI is InChI=1S/C12H17BrN2/c1-2-15(11-4-5-11)12-6-3-10(13)7-9(12)8-14/h3,6-7,11H,2,4-5,8,14H2,1H3. The molecule has 1 aliphatic carbocycles. The van der Waals surface area contributed by atoms with Crippen LogP contribution in [0.4, 0.5) is 5.69 Å². The van der Waals surface area contributed by atoms with Crippen molar-refractivity contribution in [3.8, 4) is 0 Å². The lowest BCUT2D eigenvalue weighted by Crippen LogP contribution is -2.26. The molecule has 0 amide bonds. The number of nitrogens with zero attached hydrogens (tertiary/aromatic N) is 1. The summed E-state index contributed by atoms with van der Waals surface area (Å²) in [7, 11) is 0. The van der Waals surface area contributed by atoms with Crippen molar-refractivity contribution >= 4 is 21.6 Å². The normalized spacial score (nSPS) is 15.4. The summed E-state index contributed by atoms with van der Waals surface area (Å²) >= 11 is 3.49. The third-order valence-electron chi connectivity index (χ3n) is 2.90. The van der Waals surface area contributed by atoms with E-state index in [1.807, 2.05) is 0 Å². The lowest BCUT2D eigenvalue weighted by atomic mass is 10.1. The number of nitrogens with two attached hydrogens (primary N) is 1. The minimum absolute atomic E-state index is 0.609. The largest absolute Gasteiger partial charge is 0.369 e. The minimum Gasteiger partial charge on any atom is -0.369 e. The van der Waals surface area contributed by atoms with Gasteiger partial charge in [-0.2, -0.15) is 0 Å². The number of benzene rings is 1. The van der Waals surface area contributed by atoms with Crippen molar-refractivity contribution in [2.75, 3.05) is 11.4 Å². The van der Waals surface area contributed by atoms with Crippen LogP contribution in [0, 0.1) is 0 Å². The van der Waals surface area contributed by atoms with Gasteiger partial charge in [-0.1, -0.05) is 15.9 Å². The number of halogens is 1. The van der Waals surface area contributed by atoms with Gasteiger partial charge < -0.3 is 10.6 Å². The van der Waals surface area contributed by atoms with Crippen LogP contribution >= 0.6 is 15.9 Å². The van der Waals surface area contributed by atoms with Crippen LogP contribution in [0.2, 0.25) is 0 Å². The summed E-state index contributed by atoms with van der Waals surface area (Å²) in [5, 5.41) is 0. The zero-order valence-electron chi connectivity index (χ0n) is 9.04. The molecule has 0 aromatic heterocycles. The van der Waals surface area contributed by atoms with E-state index in [1.165, 1.54) is 24.1 Å². The first-order chi connectivity index (χ1) is 7.26. The van der Waals surface area contributed by atoms with Gasteiger partial charge in [-0.05, 0) is 43.5 Å². The maximum absolute atomic E-state index is 5.79. The van der Waals surface area contributed by atoms with Gasteiger partial charge in [0.1, 0.15) is 0 Å². The molecule has 2 nitrogen and oxygen atoms in total. The Hall–Kier alpha value is -0.540. The third kappa shape index (κ3) is 2.34. The molecule has 82 valence electrons. The van der Waals surface area contributed by atoms with Crippen molar-refractivity contribution in [2.24, 2.45) is 5.73 Å². The van der Waals surface area contributed by atoms with E-state index < -0.39 is 0 Å².